The minimum atomic E-state index is -0.743. The van der Waals surface area contributed by atoms with Crippen LogP contribution in [0.15, 0.2) is 28.3 Å². The topological polar surface area (TPSA) is 66.7 Å². The van der Waals surface area contributed by atoms with Crippen LogP contribution >= 0.6 is 11.8 Å². The Morgan fingerprint density at radius 2 is 2.31 bits per heavy atom. The molecule has 1 aliphatic rings. The second kappa shape index (κ2) is 4.76. The number of carbonyl (C=O) groups is 1. The molecule has 0 radical (unpaired) electrons. The molecule has 5 heteroatoms. The van der Waals surface area contributed by atoms with E-state index in [9.17, 15) is 9.70 Å². The Kier molecular flexibility index (Phi) is 3.36. The molecule has 0 amide bonds. The van der Waals surface area contributed by atoms with Crippen LogP contribution in [0.5, 0.6) is 0 Å². The largest absolute Gasteiger partial charge is 0.396 e. The third-order valence-electron chi connectivity index (χ3n) is 2.55. The number of Topliss-reactive ketones (excluding diaryl/α,β-unsaturated/α-hetero) is 1. The van der Waals surface area contributed by atoms with Gasteiger partial charge in [0.15, 0.2) is 11.8 Å². The van der Waals surface area contributed by atoms with E-state index in [1.807, 2.05) is 12.1 Å². The van der Waals surface area contributed by atoms with Crippen molar-refractivity contribution in [3.8, 4) is 0 Å². The molecule has 4 nitrogen and oxygen atoms in total. The zero-order valence-electron chi connectivity index (χ0n) is 8.55. The number of carbonyl (C=O) groups excluding carboxylic acids is 1. The van der Waals surface area contributed by atoms with E-state index in [-0.39, 0.29) is 12.4 Å². The van der Waals surface area contributed by atoms with Crippen molar-refractivity contribution >= 4 is 17.5 Å². The van der Waals surface area contributed by atoms with Crippen LogP contribution in [0.1, 0.15) is 15.9 Å². The first kappa shape index (κ1) is 11.3. The number of ketones is 1. The number of hydrogen-bond acceptors (Lipinski definition) is 5. The van der Waals surface area contributed by atoms with Crippen LogP contribution in [0.4, 0.5) is 0 Å². The summed E-state index contributed by atoms with van der Waals surface area (Å²) in [6.07, 6.45) is 0.408. The van der Waals surface area contributed by atoms with Crippen molar-refractivity contribution in [3.05, 3.63) is 34.2 Å². The normalized spacial score (nSPS) is 18.6. The smallest absolute Gasteiger partial charge is 0.191 e. The predicted octanol–water partition coefficient (Wildman–Crippen LogP) is 1.64. The van der Waals surface area contributed by atoms with E-state index in [1.165, 1.54) is 11.8 Å². The first-order chi connectivity index (χ1) is 7.76. The van der Waals surface area contributed by atoms with Crippen LogP contribution in [-0.4, -0.2) is 29.3 Å². The Labute approximate surface area is 97.0 Å². The summed E-state index contributed by atoms with van der Waals surface area (Å²) in [6.45, 7) is 0.124. The summed E-state index contributed by atoms with van der Waals surface area (Å²) < 4.78 is 0. The first-order valence-electron chi connectivity index (χ1n) is 4.99. The Hall–Kier alpha value is -1.20. The molecule has 84 valence electrons. The molecule has 0 aromatic heterocycles. The van der Waals surface area contributed by atoms with Crippen LogP contribution in [-0.2, 0) is 6.42 Å². The van der Waals surface area contributed by atoms with Crippen molar-refractivity contribution in [2.24, 2.45) is 5.18 Å². The van der Waals surface area contributed by atoms with Gasteiger partial charge in [-0.05, 0) is 23.8 Å². The van der Waals surface area contributed by atoms with Crippen molar-refractivity contribution in [2.75, 3.05) is 12.4 Å². The quantitative estimate of drug-likeness (QED) is 0.638. The third-order valence-corrected chi connectivity index (χ3v) is 3.52. The summed E-state index contributed by atoms with van der Waals surface area (Å²) >= 11 is 1.53. The zero-order chi connectivity index (χ0) is 11.5. The molecule has 0 saturated carbocycles. The molecule has 2 rings (SSSR count). The van der Waals surface area contributed by atoms with Crippen molar-refractivity contribution in [1.29, 1.82) is 0 Å². The van der Waals surface area contributed by atoms with Gasteiger partial charge < -0.3 is 5.11 Å². The van der Waals surface area contributed by atoms with E-state index in [0.717, 1.165) is 10.5 Å². The van der Waals surface area contributed by atoms with Gasteiger partial charge in [0, 0.05) is 22.6 Å². The average Bonchev–Trinajstić information content (AvgIpc) is 2.63. The highest BCUT2D eigenvalue weighted by Gasteiger charge is 2.31. The van der Waals surface area contributed by atoms with Gasteiger partial charge in [0.05, 0.1) is 6.61 Å². The fourth-order valence-electron chi connectivity index (χ4n) is 1.80. The highest BCUT2D eigenvalue weighted by Crippen LogP contribution is 2.28. The van der Waals surface area contributed by atoms with Gasteiger partial charge in [-0.25, -0.2) is 0 Å². The highest BCUT2D eigenvalue weighted by molar-refractivity contribution is 7.99. The van der Waals surface area contributed by atoms with Crippen LogP contribution in [0, 0.1) is 4.91 Å². The van der Waals surface area contributed by atoms with Crippen molar-refractivity contribution in [2.45, 2.75) is 17.4 Å². The number of aliphatic hydroxyl groups is 1. The van der Waals surface area contributed by atoms with Gasteiger partial charge in [0.1, 0.15) is 0 Å². The number of thioether (sulfide) groups is 1. The van der Waals surface area contributed by atoms with Gasteiger partial charge in [-0.15, -0.1) is 11.8 Å². The number of aliphatic hydroxyl groups excluding tert-OH is 1. The number of nitroso groups, excluding NO2 is 1. The molecule has 0 bridgehead atoms. The van der Waals surface area contributed by atoms with Gasteiger partial charge in [-0.2, -0.15) is 4.91 Å². The molecule has 0 spiro atoms. The van der Waals surface area contributed by atoms with Crippen LogP contribution in [0.2, 0.25) is 0 Å². The summed E-state index contributed by atoms with van der Waals surface area (Å²) in [6, 6.07) is 4.74. The summed E-state index contributed by atoms with van der Waals surface area (Å²) in [4.78, 5) is 23.1. The van der Waals surface area contributed by atoms with Gasteiger partial charge in [0.25, 0.3) is 0 Å². The lowest BCUT2D eigenvalue weighted by molar-refractivity contribution is 0.0975. The van der Waals surface area contributed by atoms with E-state index in [4.69, 9.17) is 5.11 Å². The number of nitrogens with zero attached hydrogens (tertiary/aromatic N) is 1. The second-order valence-corrected chi connectivity index (χ2v) is 4.75. The minimum absolute atomic E-state index is 0.124. The predicted molar refractivity (Wildman–Crippen MR) is 61.9 cm³/mol. The average molecular weight is 237 g/mol. The monoisotopic (exact) mass is 237 g/mol. The van der Waals surface area contributed by atoms with E-state index in [1.54, 1.807) is 6.07 Å². The molecule has 1 aliphatic carbocycles. The maximum atomic E-state index is 11.6. The van der Waals surface area contributed by atoms with Crippen molar-refractivity contribution < 1.29 is 9.90 Å². The highest BCUT2D eigenvalue weighted by atomic mass is 32.2. The maximum Gasteiger partial charge on any atom is 0.191 e. The van der Waals surface area contributed by atoms with E-state index in [0.29, 0.717) is 17.7 Å². The van der Waals surface area contributed by atoms with Crippen molar-refractivity contribution in [3.63, 3.8) is 0 Å². The molecule has 1 N–H and O–H groups in total. The summed E-state index contributed by atoms with van der Waals surface area (Å²) in [5.74, 6) is 0.450. The Bertz CT molecular complexity index is 433. The SMILES string of the molecule is O=NC1Cc2cc(SCCO)ccc2C1=O. The fraction of sp³-hybridized carbons (Fsp3) is 0.364. The summed E-state index contributed by atoms with van der Waals surface area (Å²) in [5, 5.41) is 11.5. The lowest BCUT2D eigenvalue weighted by atomic mass is 10.1. The standard InChI is InChI=1S/C11H11NO3S/c13-3-4-16-8-1-2-9-7(5-8)6-10(12-15)11(9)14/h1-2,5,10,13H,3-4,6H2. The Balaban J connectivity index is 2.22. The summed E-state index contributed by atoms with van der Waals surface area (Å²) in [5.41, 5.74) is 1.50. The molecule has 1 aromatic rings. The van der Waals surface area contributed by atoms with Gasteiger partial charge >= 0.3 is 0 Å². The molecule has 0 heterocycles. The van der Waals surface area contributed by atoms with Crippen molar-refractivity contribution in [1.82, 2.24) is 0 Å². The molecule has 0 fully saturated rings. The second-order valence-electron chi connectivity index (χ2n) is 3.58. The molecular formula is C11H11NO3S. The number of benzene rings is 1. The Morgan fingerprint density at radius 3 is 3.00 bits per heavy atom. The van der Waals surface area contributed by atoms with E-state index >= 15 is 0 Å². The molecule has 1 aromatic carbocycles. The molecule has 16 heavy (non-hydrogen) atoms. The number of fused-ring (bicyclic) bond motifs is 1. The molecule has 0 saturated heterocycles. The van der Waals surface area contributed by atoms with Crippen LogP contribution in [0.25, 0.3) is 0 Å². The minimum Gasteiger partial charge on any atom is -0.396 e. The fourth-order valence-corrected chi connectivity index (χ4v) is 2.52. The van der Waals surface area contributed by atoms with Gasteiger partial charge in [-0.3, -0.25) is 4.79 Å². The van der Waals surface area contributed by atoms with Crippen LogP contribution < -0.4 is 0 Å². The molecule has 1 unspecified atom stereocenters. The van der Waals surface area contributed by atoms with Crippen LogP contribution in [0.3, 0.4) is 0 Å². The first-order valence-corrected chi connectivity index (χ1v) is 5.98. The lowest BCUT2D eigenvalue weighted by Crippen LogP contribution is -2.11. The zero-order valence-corrected chi connectivity index (χ0v) is 9.37. The molecule has 1 atom stereocenters. The van der Waals surface area contributed by atoms with Gasteiger partial charge in [-0.1, -0.05) is 5.18 Å². The number of rotatable bonds is 4. The molecule has 0 aliphatic heterocycles. The van der Waals surface area contributed by atoms with E-state index < -0.39 is 6.04 Å². The molecular weight excluding hydrogens is 226 g/mol. The Morgan fingerprint density at radius 1 is 1.50 bits per heavy atom. The lowest BCUT2D eigenvalue weighted by Gasteiger charge is -2.02. The van der Waals surface area contributed by atoms with Gasteiger partial charge in [0.2, 0.25) is 0 Å². The van der Waals surface area contributed by atoms with E-state index in [2.05, 4.69) is 5.18 Å². The summed E-state index contributed by atoms with van der Waals surface area (Å²) in [7, 11) is 0. The maximum absolute atomic E-state index is 11.6. The number of hydrogen-bond donors (Lipinski definition) is 1. The third kappa shape index (κ3) is 2.01.